The molecule has 0 aliphatic heterocycles. The number of hydrogen-bond donors (Lipinski definition) is 3. The maximum atomic E-state index is 4.90. The van der Waals surface area contributed by atoms with Gasteiger partial charge >= 0.3 is 0 Å². The van der Waals surface area contributed by atoms with Gasteiger partial charge in [0.05, 0.1) is 11.0 Å². The van der Waals surface area contributed by atoms with Gasteiger partial charge in [-0.1, -0.05) is 16.6 Å². The van der Waals surface area contributed by atoms with E-state index < -0.39 is 0 Å². The Labute approximate surface area is 106 Å². The van der Waals surface area contributed by atoms with Crippen LogP contribution in [0.25, 0.3) is 11.0 Å². The molecular weight excluding hydrogens is 260 g/mol. The minimum absolute atomic E-state index is 0.682. The van der Waals surface area contributed by atoms with E-state index in [4.69, 9.17) is 12.2 Å². The van der Waals surface area contributed by atoms with Gasteiger partial charge in [-0.2, -0.15) is 0 Å². The molecule has 0 fully saturated rings. The van der Waals surface area contributed by atoms with Gasteiger partial charge in [-0.15, -0.1) is 17.7 Å². The summed E-state index contributed by atoms with van der Waals surface area (Å²) in [5, 5.41) is 6.01. The Morgan fingerprint density at radius 3 is 2.19 bits per heavy atom. The second-order valence-electron chi connectivity index (χ2n) is 2.89. The number of aromatic amines is 2. The van der Waals surface area contributed by atoms with Gasteiger partial charge in [-0.25, -0.2) is 0 Å². The molecule has 3 rings (SSSR count). The summed E-state index contributed by atoms with van der Waals surface area (Å²) in [6, 6.07) is 7.92. The first-order chi connectivity index (χ1) is 7.75. The molecule has 2 aromatic heterocycles. The summed E-state index contributed by atoms with van der Waals surface area (Å²) < 4.78 is 4.22. The first kappa shape index (κ1) is 11.3. The zero-order valence-electron chi connectivity index (χ0n) is 8.04. The highest BCUT2D eigenvalue weighted by Crippen LogP contribution is 2.06. The second kappa shape index (κ2) is 5.24. The Kier molecular flexibility index (Phi) is 3.70. The molecule has 0 radical (unpaired) electrons. The molecule has 0 bridgehead atoms. The van der Waals surface area contributed by atoms with Crippen molar-refractivity contribution in [1.82, 2.24) is 19.6 Å². The maximum Gasteiger partial charge on any atom is 0.175 e. The summed E-state index contributed by atoms with van der Waals surface area (Å²) in [5.74, 6) is 0. The van der Waals surface area contributed by atoms with E-state index in [-0.39, 0.29) is 0 Å². The zero-order valence-corrected chi connectivity index (χ0v) is 10.6. The summed E-state index contributed by atoms with van der Waals surface area (Å²) in [5.41, 5.74) is 2.13. The van der Waals surface area contributed by atoms with Crippen LogP contribution in [0.5, 0.6) is 0 Å². The smallest absolute Gasteiger partial charge is 0.175 e. The van der Waals surface area contributed by atoms with Crippen LogP contribution >= 0.6 is 36.4 Å². The fraction of sp³-hybridized carbons (Fsp3) is 0. The molecule has 0 aliphatic rings. The number of fused-ring (bicyclic) bond motifs is 1. The first-order valence-electron chi connectivity index (χ1n) is 4.39. The molecule has 0 spiro atoms. The molecule has 0 atom stereocenters. The fourth-order valence-corrected chi connectivity index (χ4v) is 1.93. The van der Waals surface area contributed by atoms with Crippen LogP contribution in [0.3, 0.4) is 0 Å². The first-order valence-corrected chi connectivity index (χ1v) is 6.08. The van der Waals surface area contributed by atoms with Crippen molar-refractivity contribution in [2.45, 2.75) is 5.03 Å². The van der Waals surface area contributed by atoms with Crippen LogP contribution < -0.4 is 0 Å². The number of aromatic nitrogens is 4. The molecule has 4 nitrogen and oxygen atoms in total. The lowest BCUT2D eigenvalue weighted by atomic mass is 10.3. The van der Waals surface area contributed by atoms with Gasteiger partial charge in [-0.3, -0.25) is 0 Å². The van der Waals surface area contributed by atoms with Crippen molar-refractivity contribution in [3.05, 3.63) is 34.4 Å². The predicted molar refractivity (Wildman–Crippen MR) is 70.6 cm³/mol. The highest BCUT2D eigenvalue weighted by atomic mass is 32.1. The van der Waals surface area contributed by atoms with E-state index in [1.165, 1.54) is 11.5 Å². The third kappa shape index (κ3) is 2.91. The molecule has 2 N–H and O–H groups in total. The average molecular weight is 268 g/mol. The third-order valence-electron chi connectivity index (χ3n) is 1.77. The number of hydrogen-bond acceptors (Lipinski definition) is 5. The van der Waals surface area contributed by atoms with Crippen molar-refractivity contribution < 1.29 is 0 Å². The minimum Gasteiger partial charge on any atom is -0.331 e. The van der Waals surface area contributed by atoms with E-state index in [0.717, 1.165) is 11.0 Å². The molecule has 0 unspecified atom stereocenters. The highest BCUT2D eigenvalue weighted by molar-refractivity contribution is 7.80. The van der Waals surface area contributed by atoms with Gasteiger partial charge in [0, 0.05) is 5.38 Å². The lowest BCUT2D eigenvalue weighted by Gasteiger charge is -1.82. The van der Waals surface area contributed by atoms with Crippen LogP contribution in [0.1, 0.15) is 0 Å². The monoisotopic (exact) mass is 268 g/mol. The van der Waals surface area contributed by atoms with E-state index in [9.17, 15) is 0 Å². The normalized spacial score (nSPS) is 9.81. The largest absolute Gasteiger partial charge is 0.331 e. The van der Waals surface area contributed by atoms with Crippen LogP contribution in [0, 0.1) is 4.77 Å². The van der Waals surface area contributed by atoms with E-state index in [2.05, 4.69) is 32.2 Å². The maximum absolute atomic E-state index is 4.90. The summed E-state index contributed by atoms with van der Waals surface area (Å²) in [6.07, 6.45) is 0. The van der Waals surface area contributed by atoms with Gasteiger partial charge in [-0.05, 0) is 35.9 Å². The van der Waals surface area contributed by atoms with Crippen molar-refractivity contribution >= 4 is 47.4 Å². The molecule has 2 heterocycles. The van der Waals surface area contributed by atoms with Crippen molar-refractivity contribution in [1.29, 1.82) is 0 Å². The Morgan fingerprint density at radius 2 is 1.81 bits per heavy atom. The molecule has 0 saturated carbocycles. The number of para-hydroxylation sites is 2. The zero-order chi connectivity index (χ0) is 11.4. The average Bonchev–Trinajstić information content (AvgIpc) is 2.86. The quantitative estimate of drug-likeness (QED) is 0.434. The standard InChI is InChI=1S/C7H6N2S.C2H2N2S2/c10-7-8-5-3-1-2-4-6(5)9-7;5-2-1-6-4-3-2/h1-4H,(H2,8,9,10);1,5H. The number of nitrogens with one attached hydrogen (secondary N) is 2. The Bertz CT molecular complexity index is 575. The van der Waals surface area contributed by atoms with Crippen LogP contribution in [0.2, 0.25) is 0 Å². The molecule has 3 aromatic rings. The van der Waals surface area contributed by atoms with Gasteiger partial charge < -0.3 is 9.97 Å². The van der Waals surface area contributed by atoms with E-state index in [1.54, 1.807) is 5.38 Å². The van der Waals surface area contributed by atoms with Crippen molar-refractivity contribution in [3.8, 4) is 0 Å². The number of benzene rings is 1. The minimum atomic E-state index is 0.682. The lowest BCUT2D eigenvalue weighted by molar-refractivity contribution is 1.04. The van der Waals surface area contributed by atoms with Gasteiger partial charge in [0.1, 0.15) is 5.03 Å². The molecule has 1 aromatic carbocycles. The van der Waals surface area contributed by atoms with Gasteiger partial charge in [0.15, 0.2) is 4.77 Å². The Hall–Kier alpha value is -1.18. The molecule has 0 saturated heterocycles. The fourth-order valence-electron chi connectivity index (χ4n) is 1.14. The number of imidazole rings is 1. The topological polar surface area (TPSA) is 57.4 Å². The van der Waals surface area contributed by atoms with Crippen molar-refractivity contribution in [3.63, 3.8) is 0 Å². The Balaban J connectivity index is 0.000000138. The van der Waals surface area contributed by atoms with E-state index >= 15 is 0 Å². The van der Waals surface area contributed by atoms with Gasteiger partial charge in [0.25, 0.3) is 0 Å². The van der Waals surface area contributed by atoms with Crippen LogP contribution in [-0.4, -0.2) is 19.6 Å². The van der Waals surface area contributed by atoms with Gasteiger partial charge in [0.2, 0.25) is 0 Å². The van der Waals surface area contributed by atoms with E-state index in [1.807, 2.05) is 24.3 Å². The van der Waals surface area contributed by atoms with Crippen LogP contribution in [-0.2, 0) is 0 Å². The predicted octanol–water partition coefficient (Wildman–Crippen LogP) is 3.05. The summed E-state index contributed by atoms with van der Waals surface area (Å²) in [6.45, 7) is 0. The molecule has 0 aliphatic carbocycles. The number of rotatable bonds is 0. The van der Waals surface area contributed by atoms with Crippen molar-refractivity contribution in [2.75, 3.05) is 0 Å². The van der Waals surface area contributed by atoms with Crippen molar-refractivity contribution in [2.24, 2.45) is 0 Å². The SMILES string of the molecule is S=c1[nH]c2ccccc2[nH]1.Sc1csnn1. The number of thiol groups is 1. The lowest BCUT2D eigenvalue weighted by Crippen LogP contribution is -1.63. The molecule has 82 valence electrons. The summed E-state index contributed by atoms with van der Waals surface area (Å²) in [7, 11) is 0. The number of nitrogens with zero attached hydrogens (tertiary/aromatic N) is 2. The summed E-state index contributed by atoms with van der Waals surface area (Å²) >= 11 is 10.1. The van der Waals surface area contributed by atoms with Crippen LogP contribution in [0.4, 0.5) is 0 Å². The Morgan fingerprint density at radius 1 is 1.19 bits per heavy atom. The summed E-state index contributed by atoms with van der Waals surface area (Å²) in [4.78, 5) is 6.04. The molecular formula is C9H8N4S3. The molecule has 16 heavy (non-hydrogen) atoms. The van der Waals surface area contributed by atoms with E-state index in [0.29, 0.717) is 9.80 Å². The second-order valence-corrected chi connectivity index (χ2v) is 4.36. The highest BCUT2D eigenvalue weighted by Gasteiger charge is 1.90. The molecule has 7 heteroatoms. The van der Waals surface area contributed by atoms with Crippen LogP contribution in [0.15, 0.2) is 34.7 Å². The molecule has 0 amide bonds. The number of H-pyrrole nitrogens is 2. The third-order valence-corrected chi connectivity index (χ3v) is 2.87.